The zero-order valence-electron chi connectivity index (χ0n) is 11.8. The van der Waals surface area contributed by atoms with E-state index < -0.39 is 0 Å². The van der Waals surface area contributed by atoms with E-state index >= 15 is 0 Å². The standard InChI is InChI=1S/C15H22N2OS/c1-10(2)17-14(18)8-16-15-11(3)9-19-13-7-5-4-6-12(13)15/h4-7,10-11,15-16H,8-9H2,1-3H3,(H,17,18)/t11-,15-/m1/s1. The van der Waals surface area contributed by atoms with Gasteiger partial charge < -0.3 is 10.6 Å². The summed E-state index contributed by atoms with van der Waals surface area (Å²) in [5.74, 6) is 1.70. The van der Waals surface area contributed by atoms with E-state index in [0.29, 0.717) is 12.5 Å². The van der Waals surface area contributed by atoms with E-state index in [0.717, 1.165) is 5.75 Å². The van der Waals surface area contributed by atoms with Crippen LogP contribution >= 0.6 is 11.8 Å². The highest BCUT2D eigenvalue weighted by Crippen LogP contribution is 2.39. The molecule has 1 amide bonds. The molecule has 1 aliphatic rings. The fourth-order valence-electron chi connectivity index (χ4n) is 2.38. The summed E-state index contributed by atoms with van der Waals surface area (Å²) in [6, 6.07) is 8.94. The third-order valence-electron chi connectivity index (χ3n) is 3.26. The minimum atomic E-state index is 0.0675. The van der Waals surface area contributed by atoms with Crippen LogP contribution in [-0.2, 0) is 4.79 Å². The van der Waals surface area contributed by atoms with Crippen LogP contribution in [-0.4, -0.2) is 24.2 Å². The molecule has 2 rings (SSSR count). The molecule has 0 unspecified atom stereocenters. The number of hydrogen-bond acceptors (Lipinski definition) is 3. The zero-order valence-corrected chi connectivity index (χ0v) is 12.6. The third-order valence-corrected chi connectivity index (χ3v) is 4.63. The van der Waals surface area contributed by atoms with Gasteiger partial charge in [-0.05, 0) is 31.4 Å². The second-order valence-corrected chi connectivity index (χ2v) is 6.47. The lowest BCUT2D eigenvalue weighted by Crippen LogP contribution is -2.41. The number of thioether (sulfide) groups is 1. The third kappa shape index (κ3) is 3.74. The summed E-state index contributed by atoms with van der Waals surface area (Å²) in [5.41, 5.74) is 1.32. The molecule has 19 heavy (non-hydrogen) atoms. The highest BCUT2D eigenvalue weighted by molar-refractivity contribution is 7.99. The Morgan fingerprint density at radius 1 is 1.42 bits per heavy atom. The van der Waals surface area contributed by atoms with Gasteiger partial charge in [-0.15, -0.1) is 11.8 Å². The maximum Gasteiger partial charge on any atom is 0.234 e. The average molecular weight is 278 g/mol. The molecule has 0 saturated heterocycles. The number of fused-ring (bicyclic) bond motifs is 1. The monoisotopic (exact) mass is 278 g/mol. The number of nitrogens with one attached hydrogen (secondary N) is 2. The van der Waals surface area contributed by atoms with Crippen LogP contribution in [0.3, 0.4) is 0 Å². The molecule has 2 atom stereocenters. The summed E-state index contributed by atoms with van der Waals surface area (Å²) in [5, 5.41) is 6.32. The number of carbonyl (C=O) groups is 1. The van der Waals surface area contributed by atoms with Gasteiger partial charge in [-0.25, -0.2) is 0 Å². The molecule has 0 radical (unpaired) electrons. The number of benzene rings is 1. The minimum absolute atomic E-state index is 0.0675. The number of carbonyl (C=O) groups excluding carboxylic acids is 1. The number of rotatable bonds is 4. The largest absolute Gasteiger partial charge is 0.353 e. The van der Waals surface area contributed by atoms with E-state index in [-0.39, 0.29) is 18.0 Å². The van der Waals surface area contributed by atoms with E-state index in [1.54, 1.807) is 0 Å². The summed E-state index contributed by atoms with van der Waals surface area (Å²) in [6.45, 7) is 6.58. The van der Waals surface area contributed by atoms with E-state index in [4.69, 9.17) is 0 Å². The van der Waals surface area contributed by atoms with Gasteiger partial charge in [-0.3, -0.25) is 4.79 Å². The van der Waals surface area contributed by atoms with Crippen LogP contribution in [0.15, 0.2) is 29.2 Å². The Hall–Kier alpha value is -1.00. The molecule has 104 valence electrons. The molecule has 0 fully saturated rings. The van der Waals surface area contributed by atoms with Crippen LogP contribution in [0.2, 0.25) is 0 Å². The summed E-state index contributed by atoms with van der Waals surface area (Å²) in [7, 11) is 0. The van der Waals surface area contributed by atoms with Crippen molar-refractivity contribution in [1.82, 2.24) is 10.6 Å². The molecule has 3 nitrogen and oxygen atoms in total. The summed E-state index contributed by atoms with van der Waals surface area (Å²) >= 11 is 1.90. The second-order valence-electron chi connectivity index (χ2n) is 5.41. The Labute approximate surface area is 119 Å². The van der Waals surface area contributed by atoms with Crippen molar-refractivity contribution in [2.24, 2.45) is 5.92 Å². The molecule has 1 aromatic carbocycles. The van der Waals surface area contributed by atoms with Gasteiger partial charge in [0.1, 0.15) is 0 Å². The van der Waals surface area contributed by atoms with Crippen molar-refractivity contribution in [3.63, 3.8) is 0 Å². The van der Waals surface area contributed by atoms with Crippen LogP contribution in [0, 0.1) is 5.92 Å². The first kappa shape index (κ1) is 14.4. The summed E-state index contributed by atoms with van der Waals surface area (Å²) in [4.78, 5) is 13.1. The topological polar surface area (TPSA) is 41.1 Å². The number of hydrogen-bond donors (Lipinski definition) is 2. The predicted molar refractivity (Wildman–Crippen MR) is 80.4 cm³/mol. The highest BCUT2D eigenvalue weighted by atomic mass is 32.2. The number of amides is 1. The van der Waals surface area contributed by atoms with Crippen LogP contribution in [0.4, 0.5) is 0 Å². The Balaban J connectivity index is 2.01. The quantitative estimate of drug-likeness (QED) is 0.889. The predicted octanol–water partition coefficient (Wildman–Crippen LogP) is 2.58. The maximum atomic E-state index is 11.7. The van der Waals surface area contributed by atoms with Gasteiger partial charge >= 0.3 is 0 Å². The van der Waals surface area contributed by atoms with Gasteiger partial charge in [-0.1, -0.05) is 25.1 Å². The zero-order chi connectivity index (χ0) is 13.8. The van der Waals surface area contributed by atoms with Gasteiger partial charge in [0.25, 0.3) is 0 Å². The first-order valence-electron chi connectivity index (χ1n) is 6.82. The molecule has 1 aromatic rings. The van der Waals surface area contributed by atoms with E-state index in [2.05, 4.69) is 41.8 Å². The highest BCUT2D eigenvalue weighted by Gasteiger charge is 2.26. The van der Waals surface area contributed by atoms with Gasteiger partial charge in [0.2, 0.25) is 5.91 Å². The van der Waals surface area contributed by atoms with E-state index in [9.17, 15) is 4.79 Å². The molecule has 0 saturated carbocycles. The van der Waals surface area contributed by atoms with Crippen LogP contribution in [0.25, 0.3) is 0 Å². The van der Waals surface area contributed by atoms with Crippen LogP contribution in [0.5, 0.6) is 0 Å². The van der Waals surface area contributed by atoms with Crippen molar-refractivity contribution in [2.75, 3.05) is 12.3 Å². The smallest absolute Gasteiger partial charge is 0.234 e. The Morgan fingerprint density at radius 2 is 2.16 bits per heavy atom. The average Bonchev–Trinajstić information content (AvgIpc) is 2.36. The molecule has 0 aliphatic carbocycles. The Morgan fingerprint density at radius 3 is 2.89 bits per heavy atom. The second kappa shape index (κ2) is 6.44. The lowest BCUT2D eigenvalue weighted by molar-refractivity contribution is -0.120. The van der Waals surface area contributed by atoms with Crippen LogP contribution in [0.1, 0.15) is 32.4 Å². The van der Waals surface area contributed by atoms with E-state index in [1.165, 1.54) is 10.5 Å². The lowest BCUT2D eigenvalue weighted by Gasteiger charge is -2.31. The van der Waals surface area contributed by atoms with Crippen molar-refractivity contribution >= 4 is 17.7 Å². The van der Waals surface area contributed by atoms with Gasteiger partial charge in [0, 0.05) is 22.7 Å². The minimum Gasteiger partial charge on any atom is -0.353 e. The molecule has 0 spiro atoms. The first-order valence-corrected chi connectivity index (χ1v) is 7.81. The summed E-state index contributed by atoms with van der Waals surface area (Å²) in [6.07, 6.45) is 0. The maximum absolute atomic E-state index is 11.7. The van der Waals surface area contributed by atoms with Gasteiger partial charge in [-0.2, -0.15) is 0 Å². The Kier molecular flexibility index (Phi) is 4.88. The first-order chi connectivity index (χ1) is 9.08. The summed E-state index contributed by atoms with van der Waals surface area (Å²) < 4.78 is 0. The molecule has 0 aromatic heterocycles. The van der Waals surface area contributed by atoms with Crippen molar-refractivity contribution in [3.05, 3.63) is 29.8 Å². The molecule has 1 heterocycles. The Bertz CT molecular complexity index is 448. The van der Waals surface area contributed by atoms with Crippen molar-refractivity contribution in [3.8, 4) is 0 Å². The molecular weight excluding hydrogens is 256 g/mol. The molecule has 0 bridgehead atoms. The van der Waals surface area contributed by atoms with E-state index in [1.807, 2.05) is 25.6 Å². The fraction of sp³-hybridized carbons (Fsp3) is 0.533. The molecule has 1 aliphatic heterocycles. The lowest BCUT2D eigenvalue weighted by atomic mass is 9.95. The fourth-order valence-corrected chi connectivity index (χ4v) is 3.55. The molecule has 2 N–H and O–H groups in total. The normalized spacial score (nSPS) is 22.1. The van der Waals surface area contributed by atoms with Gasteiger partial charge in [0.05, 0.1) is 6.54 Å². The van der Waals surface area contributed by atoms with Crippen LogP contribution < -0.4 is 10.6 Å². The van der Waals surface area contributed by atoms with Crippen molar-refractivity contribution in [2.45, 2.75) is 37.8 Å². The molecule has 4 heteroatoms. The van der Waals surface area contributed by atoms with Gasteiger partial charge in [0.15, 0.2) is 0 Å². The SMILES string of the molecule is CC(C)NC(=O)CN[C@H]1c2ccccc2SC[C@H]1C. The van der Waals surface area contributed by atoms with Crippen molar-refractivity contribution < 1.29 is 4.79 Å². The molecular formula is C15H22N2OS. The van der Waals surface area contributed by atoms with Crippen molar-refractivity contribution in [1.29, 1.82) is 0 Å².